The van der Waals surface area contributed by atoms with Crippen molar-refractivity contribution in [3.05, 3.63) is 35.9 Å². The monoisotopic (exact) mass is 482 g/mol. The minimum Gasteiger partial charge on any atom is -0.466 e. The van der Waals surface area contributed by atoms with Gasteiger partial charge in [-0.15, -0.1) is 0 Å². The Kier molecular flexibility index (Phi) is 6.39. The van der Waals surface area contributed by atoms with Gasteiger partial charge in [-0.05, 0) is 12.5 Å². The zero-order chi connectivity index (χ0) is 24.8. The fourth-order valence-corrected chi connectivity index (χ4v) is 3.12. The molecule has 0 aliphatic carbocycles. The van der Waals surface area contributed by atoms with Crippen LogP contribution in [0.25, 0.3) is 0 Å². The van der Waals surface area contributed by atoms with Gasteiger partial charge in [0.1, 0.15) is 5.92 Å². The van der Waals surface area contributed by atoms with Crippen molar-refractivity contribution in [1.29, 1.82) is 0 Å². The van der Waals surface area contributed by atoms with E-state index in [1.807, 2.05) is 5.32 Å². The lowest BCUT2D eigenvalue weighted by molar-refractivity contribution is -0.423. The van der Waals surface area contributed by atoms with E-state index < -0.39 is 60.2 Å². The van der Waals surface area contributed by atoms with Gasteiger partial charge >= 0.3 is 35.9 Å². The molecule has 15 heteroatoms. The van der Waals surface area contributed by atoms with Crippen LogP contribution in [0, 0.1) is 5.92 Å². The molecule has 1 heterocycles. The van der Waals surface area contributed by atoms with Crippen LogP contribution >= 0.6 is 0 Å². The first-order valence-electron chi connectivity index (χ1n) is 8.68. The van der Waals surface area contributed by atoms with E-state index in [0.29, 0.717) is 0 Å². The first-order valence-corrected chi connectivity index (χ1v) is 8.68. The number of esters is 1. The van der Waals surface area contributed by atoms with Gasteiger partial charge < -0.3 is 20.5 Å². The number of hydrogen-bond donors (Lipinski definition) is 3. The smallest absolute Gasteiger partial charge is 0.460 e. The Morgan fingerprint density at radius 3 is 2.03 bits per heavy atom. The quantitative estimate of drug-likeness (QED) is 0.429. The summed E-state index contributed by atoms with van der Waals surface area (Å²) in [5.41, 5.74) is -5.18. The van der Waals surface area contributed by atoms with Crippen LogP contribution in [-0.2, 0) is 9.53 Å². The largest absolute Gasteiger partial charge is 0.466 e. The molecule has 3 N–H and O–H groups in total. The van der Waals surface area contributed by atoms with Crippen LogP contribution in [-0.4, -0.2) is 53.4 Å². The minimum atomic E-state index is -7.36. The highest BCUT2D eigenvalue weighted by atomic mass is 19.4. The van der Waals surface area contributed by atoms with Crippen molar-refractivity contribution < 1.29 is 58.9 Å². The molecule has 180 valence electrons. The molecule has 1 saturated heterocycles. The third-order valence-electron chi connectivity index (χ3n) is 4.70. The number of alkyl halides is 9. The predicted octanol–water partition coefficient (Wildman–Crippen LogP) is 3.38. The number of halogens is 9. The molecule has 1 aromatic rings. The number of hydrogen-bond acceptors (Lipinski definition) is 4. The van der Waals surface area contributed by atoms with Gasteiger partial charge in [-0.1, -0.05) is 30.3 Å². The van der Waals surface area contributed by atoms with Crippen LogP contribution in [0.3, 0.4) is 0 Å². The Morgan fingerprint density at radius 2 is 1.56 bits per heavy atom. The Labute approximate surface area is 173 Å². The molecule has 3 atom stereocenters. The highest BCUT2D eigenvalue weighted by Gasteiger charge is 2.88. The second-order valence-corrected chi connectivity index (χ2v) is 6.70. The molecule has 0 saturated carbocycles. The van der Waals surface area contributed by atoms with E-state index >= 15 is 0 Å². The fourth-order valence-electron chi connectivity index (χ4n) is 3.12. The molecule has 1 aliphatic rings. The number of carbonyl (C=O) groups is 2. The van der Waals surface area contributed by atoms with E-state index in [1.54, 1.807) is 0 Å². The number of benzene rings is 1. The molecule has 0 aromatic heterocycles. The van der Waals surface area contributed by atoms with Gasteiger partial charge in [0, 0.05) is 0 Å². The molecule has 32 heavy (non-hydrogen) atoms. The zero-order valence-electron chi connectivity index (χ0n) is 15.8. The molecule has 1 aromatic carbocycles. The summed E-state index contributed by atoms with van der Waals surface area (Å²) in [4.78, 5) is 24.2. The lowest BCUT2D eigenvalue weighted by Gasteiger charge is -2.49. The standard InChI is InChI=1S/C17H15F9N2O4/c1-2-32-11(29)9-10(8-6-4-3-5-7-8)27-12(30)28-13(9,31)14(18,19)15(20,21)16(22,23)17(24,25)26/h3-7,9-10,31H,2H2,1H3,(H2,27,28,30). The highest BCUT2D eigenvalue weighted by molar-refractivity contribution is 5.83. The van der Waals surface area contributed by atoms with Crippen molar-refractivity contribution >= 4 is 12.0 Å². The van der Waals surface area contributed by atoms with Gasteiger partial charge in [-0.25, -0.2) is 4.79 Å². The molecular weight excluding hydrogens is 467 g/mol. The third kappa shape index (κ3) is 3.71. The number of ether oxygens (including phenoxy) is 1. The Morgan fingerprint density at radius 1 is 1.03 bits per heavy atom. The summed E-state index contributed by atoms with van der Waals surface area (Å²) in [6.45, 7) is 0.551. The maximum Gasteiger partial charge on any atom is 0.460 e. The van der Waals surface area contributed by atoms with Crippen molar-refractivity contribution in [2.75, 3.05) is 6.61 Å². The summed E-state index contributed by atoms with van der Waals surface area (Å²) >= 11 is 0. The number of carbonyl (C=O) groups excluding carboxylic acids is 2. The molecule has 3 unspecified atom stereocenters. The van der Waals surface area contributed by atoms with E-state index in [1.165, 1.54) is 18.2 Å². The van der Waals surface area contributed by atoms with Gasteiger partial charge in [-0.3, -0.25) is 4.79 Å². The average Bonchev–Trinajstić information content (AvgIpc) is 2.66. The van der Waals surface area contributed by atoms with Crippen LogP contribution in [0.15, 0.2) is 30.3 Å². The second kappa shape index (κ2) is 8.01. The van der Waals surface area contributed by atoms with Gasteiger partial charge in [0.15, 0.2) is 0 Å². The Bertz CT molecular complexity index is 863. The number of amides is 2. The van der Waals surface area contributed by atoms with Gasteiger partial charge in [0.2, 0.25) is 5.72 Å². The minimum absolute atomic E-state index is 0.250. The first-order chi connectivity index (χ1) is 14.5. The van der Waals surface area contributed by atoms with E-state index in [0.717, 1.165) is 24.4 Å². The molecular formula is C17H15F9N2O4. The van der Waals surface area contributed by atoms with Gasteiger partial charge in [-0.2, -0.15) is 39.5 Å². The molecule has 2 rings (SSSR count). The van der Waals surface area contributed by atoms with Crippen LogP contribution in [0.2, 0.25) is 0 Å². The molecule has 6 nitrogen and oxygen atoms in total. The van der Waals surface area contributed by atoms with Crippen LogP contribution < -0.4 is 10.6 Å². The molecule has 0 bridgehead atoms. The molecule has 0 radical (unpaired) electrons. The average molecular weight is 482 g/mol. The van der Waals surface area contributed by atoms with Crippen molar-refractivity contribution in [3.63, 3.8) is 0 Å². The van der Waals surface area contributed by atoms with Crippen LogP contribution in [0.5, 0.6) is 0 Å². The van der Waals surface area contributed by atoms with Crippen molar-refractivity contribution in [3.8, 4) is 0 Å². The number of nitrogens with one attached hydrogen (secondary N) is 2. The van der Waals surface area contributed by atoms with E-state index in [9.17, 15) is 54.2 Å². The normalized spacial score (nSPS) is 25.0. The Balaban J connectivity index is 2.75. The lowest BCUT2D eigenvalue weighted by Crippen LogP contribution is -2.80. The second-order valence-electron chi connectivity index (χ2n) is 6.70. The zero-order valence-corrected chi connectivity index (χ0v) is 15.8. The molecule has 1 fully saturated rings. The highest BCUT2D eigenvalue weighted by Crippen LogP contribution is 2.58. The summed E-state index contributed by atoms with van der Waals surface area (Å²) in [5, 5.41) is 13.1. The molecule has 2 amide bonds. The maximum atomic E-state index is 14.8. The third-order valence-corrected chi connectivity index (χ3v) is 4.70. The summed E-state index contributed by atoms with van der Waals surface area (Å²) in [7, 11) is 0. The van der Waals surface area contributed by atoms with E-state index in [4.69, 9.17) is 0 Å². The van der Waals surface area contributed by atoms with Crippen molar-refractivity contribution in [2.45, 2.75) is 42.6 Å². The van der Waals surface area contributed by atoms with Crippen LogP contribution in [0.1, 0.15) is 18.5 Å². The number of urea groups is 1. The maximum absolute atomic E-state index is 14.8. The number of rotatable bonds is 6. The summed E-state index contributed by atoms with van der Waals surface area (Å²) < 4.78 is 127. The lowest BCUT2D eigenvalue weighted by atomic mass is 9.76. The van der Waals surface area contributed by atoms with Crippen molar-refractivity contribution in [1.82, 2.24) is 10.6 Å². The Hall–Kier alpha value is -2.71. The SMILES string of the molecule is CCOC(=O)C1C(c2ccccc2)NC(=O)NC1(O)C(F)(F)C(F)(F)C(F)(F)C(F)(F)F. The van der Waals surface area contributed by atoms with Gasteiger partial charge in [0.25, 0.3) is 0 Å². The topological polar surface area (TPSA) is 87.7 Å². The molecule has 0 spiro atoms. The van der Waals surface area contributed by atoms with E-state index in [2.05, 4.69) is 4.74 Å². The summed E-state index contributed by atoms with van der Waals surface area (Å²) in [5.74, 6) is -26.3. The number of aliphatic hydroxyl groups is 1. The summed E-state index contributed by atoms with van der Waals surface area (Å²) in [6.07, 6.45) is -7.18. The fraction of sp³-hybridized carbons (Fsp3) is 0.529. The van der Waals surface area contributed by atoms with Gasteiger partial charge in [0.05, 0.1) is 12.6 Å². The van der Waals surface area contributed by atoms with Crippen LogP contribution in [0.4, 0.5) is 44.3 Å². The summed E-state index contributed by atoms with van der Waals surface area (Å²) in [6, 6.07) is 2.12. The predicted molar refractivity (Wildman–Crippen MR) is 86.8 cm³/mol. The van der Waals surface area contributed by atoms with Crippen molar-refractivity contribution in [2.24, 2.45) is 5.92 Å². The molecule has 1 aliphatic heterocycles. The first kappa shape index (κ1) is 25.5. The van der Waals surface area contributed by atoms with E-state index in [-0.39, 0.29) is 5.56 Å².